The van der Waals surface area contributed by atoms with Crippen LogP contribution >= 0.6 is 0 Å². The average Bonchev–Trinajstić information content (AvgIpc) is 3.00. The summed E-state index contributed by atoms with van der Waals surface area (Å²) < 4.78 is 5.31. The van der Waals surface area contributed by atoms with Gasteiger partial charge in [0.2, 0.25) is 0 Å². The Morgan fingerprint density at radius 2 is 2.12 bits per heavy atom. The van der Waals surface area contributed by atoms with E-state index in [0.717, 1.165) is 51.5 Å². The summed E-state index contributed by atoms with van der Waals surface area (Å²) in [5.74, 6) is -0.461. The predicted molar refractivity (Wildman–Crippen MR) is 88.3 cm³/mol. The Kier molecular flexibility index (Phi) is 7.94. The van der Waals surface area contributed by atoms with Crippen LogP contribution in [0.4, 0.5) is 0 Å². The van der Waals surface area contributed by atoms with Gasteiger partial charge in [-0.05, 0) is 51.0 Å². The SMILES string of the molecule is CCCCOC(=O)C1CC(CC[C@H]2C[C@H](CC(=O)O)ON2)CCN1. The molecule has 2 rings (SSSR count). The fourth-order valence-corrected chi connectivity index (χ4v) is 3.40. The predicted octanol–water partition coefficient (Wildman–Crippen LogP) is 1.61. The molecule has 0 aliphatic carbocycles. The number of rotatable bonds is 9. The summed E-state index contributed by atoms with van der Waals surface area (Å²) in [5, 5.41) is 12.0. The molecule has 0 aromatic heterocycles. The summed E-state index contributed by atoms with van der Waals surface area (Å²) in [5.41, 5.74) is 2.95. The molecule has 0 radical (unpaired) electrons. The molecule has 24 heavy (non-hydrogen) atoms. The Balaban J connectivity index is 1.66. The van der Waals surface area contributed by atoms with Crippen molar-refractivity contribution in [3.05, 3.63) is 0 Å². The first-order valence-electron chi connectivity index (χ1n) is 9.11. The number of hydrogen-bond donors (Lipinski definition) is 3. The summed E-state index contributed by atoms with van der Waals surface area (Å²) in [6.07, 6.45) is 6.31. The van der Waals surface area contributed by atoms with E-state index in [1.807, 2.05) is 0 Å². The molecular weight excluding hydrogens is 312 g/mol. The number of hydroxylamine groups is 1. The van der Waals surface area contributed by atoms with Crippen LogP contribution in [0.2, 0.25) is 0 Å². The zero-order valence-electron chi connectivity index (χ0n) is 14.5. The molecule has 2 aliphatic heterocycles. The van der Waals surface area contributed by atoms with Crippen molar-refractivity contribution >= 4 is 11.9 Å². The summed E-state index contributed by atoms with van der Waals surface area (Å²) in [6.45, 7) is 3.42. The molecule has 0 amide bonds. The van der Waals surface area contributed by atoms with Gasteiger partial charge < -0.3 is 15.2 Å². The summed E-state index contributed by atoms with van der Waals surface area (Å²) in [4.78, 5) is 28.1. The second-order valence-corrected chi connectivity index (χ2v) is 6.88. The first-order valence-corrected chi connectivity index (χ1v) is 9.11. The number of carbonyl (C=O) groups is 2. The van der Waals surface area contributed by atoms with Crippen molar-refractivity contribution in [3.63, 3.8) is 0 Å². The number of piperidine rings is 1. The van der Waals surface area contributed by atoms with Gasteiger partial charge in [0.15, 0.2) is 0 Å². The fourth-order valence-electron chi connectivity index (χ4n) is 3.40. The van der Waals surface area contributed by atoms with Gasteiger partial charge in [-0.3, -0.25) is 14.4 Å². The van der Waals surface area contributed by atoms with Crippen molar-refractivity contribution in [2.24, 2.45) is 5.92 Å². The van der Waals surface area contributed by atoms with Crippen LogP contribution in [0.25, 0.3) is 0 Å². The van der Waals surface area contributed by atoms with E-state index in [4.69, 9.17) is 14.7 Å². The van der Waals surface area contributed by atoms with Crippen LogP contribution in [0.1, 0.15) is 58.3 Å². The van der Waals surface area contributed by atoms with Crippen molar-refractivity contribution < 1.29 is 24.3 Å². The van der Waals surface area contributed by atoms with E-state index >= 15 is 0 Å². The van der Waals surface area contributed by atoms with Gasteiger partial charge in [0.05, 0.1) is 19.1 Å². The highest BCUT2D eigenvalue weighted by atomic mass is 16.7. The number of unbranched alkanes of at least 4 members (excludes halogenated alkanes) is 1. The summed E-state index contributed by atoms with van der Waals surface area (Å²) in [7, 11) is 0. The Hall–Kier alpha value is -1.18. The molecule has 138 valence electrons. The van der Waals surface area contributed by atoms with Gasteiger partial charge in [0.1, 0.15) is 6.04 Å². The van der Waals surface area contributed by atoms with E-state index in [1.165, 1.54) is 0 Å². The largest absolute Gasteiger partial charge is 0.481 e. The van der Waals surface area contributed by atoms with Gasteiger partial charge in [-0.1, -0.05) is 13.3 Å². The van der Waals surface area contributed by atoms with Gasteiger partial charge in [-0.2, -0.15) is 5.48 Å². The molecule has 7 heteroatoms. The Morgan fingerprint density at radius 1 is 1.29 bits per heavy atom. The maximum atomic E-state index is 12.1. The number of ether oxygens (including phenoxy) is 1. The number of carbonyl (C=O) groups excluding carboxylic acids is 1. The number of esters is 1. The molecule has 2 saturated heterocycles. The second kappa shape index (κ2) is 9.96. The monoisotopic (exact) mass is 342 g/mol. The van der Waals surface area contributed by atoms with E-state index < -0.39 is 5.97 Å². The molecule has 0 aromatic rings. The Morgan fingerprint density at radius 3 is 2.88 bits per heavy atom. The third-order valence-corrected chi connectivity index (χ3v) is 4.81. The molecule has 4 atom stereocenters. The lowest BCUT2D eigenvalue weighted by Crippen LogP contribution is -2.44. The Labute approximate surface area is 143 Å². The van der Waals surface area contributed by atoms with Crippen LogP contribution in [0.5, 0.6) is 0 Å². The van der Waals surface area contributed by atoms with Crippen LogP contribution in [-0.4, -0.2) is 48.4 Å². The molecule has 3 N–H and O–H groups in total. The lowest BCUT2D eigenvalue weighted by molar-refractivity contribution is -0.147. The minimum absolute atomic E-state index is 0.0442. The Bertz CT molecular complexity index is 418. The lowest BCUT2D eigenvalue weighted by Gasteiger charge is -2.29. The normalized spacial score (nSPS) is 30.2. The molecule has 2 heterocycles. The third kappa shape index (κ3) is 6.37. The van der Waals surface area contributed by atoms with Gasteiger partial charge in [-0.25, -0.2) is 0 Å². The van der Waals surface area contributed by atoms with E-state index in [-0.39, 0.29) is 30.6 Å². The molecule has 0 spiro atoms. The minimum atomic E-state index is -0.828. The maximum absolute atomic E-state index is 12.1. The summed E-state index contributed by atoms with van der Waals surface area (Å²) >= 11 is 0. The molecule has 7 nitrogen and oxygen atoms in total. The number of carboxylic acid groups (broad SMARTS) is 1. The molecule has 0 bridgehead atoms. The van der Waals surface area contributed by atoms with E-state index in [1.54, 1.807) is 0 Å². The highest BCUT2D eigenvalue weighted by Crippen LogP contribution is 2.25. The first-order chi connectivity index (χ1) is 11.6. The zero-order valence-corrected chi connectivity index (χ0v) is 14.5. The van der Waals surface area contributed by atoms with Gasteiger partial charge >= 0.3 is 11.9 Å². The van der Waals surface area contributed by atoms with E-state index in [9.17, 15) is 9.59 Å². The van der Waals surface area contributed by atoms with Crippen LogP contribution < -0.4 is 10.8 Å². The molecule has 0 saturated carbocycles. The van der Waals surface area contributed by atoms with Gasteiger partial charge in [0.25, 0.3) is 0 Å². The number of aliphatic carboxylic acids is 1. The van der Waals surface area contributed by atoms with Crippen molar-refractivity contribution in [2.75, 3.05) is 13.2 Å². The smallest absolute Gasteiger partial charge is 0.323 e. The third-order valence-electron chi connectivity index (χ3n) is 4.81. The molecular formula is C17H30N2O5. The molecule has 2 aliphatic rings. The zero-order chi connectivity index (χ0) is 17.4. The van der Waals surface area contributed by atoms with Crippen LogP contribution in [0.15, 0.2) is 0 Å². The van der Waals surface area contributed by atoms with E-state index in [2.05, 4.69) is 17.7 Å². The summed E-state index contributed by atoms with van der Waals surface area (Å²) in [6, 6.07) is 0.0207. The first kappa shape index (κ1) is 19.1. The van der Waals surface area contributed by atoms with Gasteiger partial charge in [-0.15, -0.1) is 0 Å². The topological polar surface area (TPSA) is 96.9 Å². The van der Waals surface area contributed by atoms with Gasteiger partial charge in [0, 0.05) is 6.04 Å². The van der Waals surface area contributed by atoms with Crippen molar-refractivity contribution in [1.29, 1.82) is 0 Å². The maximum Gasteiger partial charge on any atom is 0.323 e. The van der Waals surface area contributed by atoms with E-state index in [0.29, 0.717) is 12.5 Å². The van der Waals surface area contributed by atoms with Crippen molar-refractivity contribution in [1.82, 2.24) is 10.8 Å². The fraction of sp³-hybridized carbons (Fsp3) is 0.882. The van der Waals surface area contributed by atoms with Crippen LogP contribution in [0.3, 0.4) is 0 Å². The standard InChI is InChI=1S/C17H30N2O5/c1-2-3-8-23-17(22)15-9-12(6-7-18-15)4-5-13-10-14(24-19-13)11-16(20)21/h12-15,18-19H,2-11H2,1H3,(H,20,21)/t12?,13-,14+,15?/m0/s1. The number of carboxylic acids is 1. The van der Waals surface area contributed by atoms with Crippen molar-refractivity contribution in [2.45, 2.75) is 76.5 Å². The lowest BCUT2D eigenvalue weighted by atomic mass is 9.87. The number of nitrogens with one attached hydrogen (secondary N) is 2. The van der Waals surface area contributed by atoms with Crippen LogP contribution in [0, 0.1) is 5.92 Å². The molecule has 2 unspecified atom stereocenters. The average molecular weight is 342 g/mol. The number of hydrogen-bond acceptors (Lipinski definition) is 6. The highest BCUT2D eigenvalue weighted by molar-refractivity contribution is 5.75. The highest BCUT2D eigenvalue weighted by Gasteiger charge is 2.31. The minimum Gasteiger partial charge on any atom is -0.481 e. The van der Waals surface area contributed by atoms with Crippen molar-refractivity contribution in [3.8, 4) is 0 Å². The molecule has 0 aromatic carbocycles. The second-order valence-electron chi connectivity index (χ2n) is 6.88. The quantitative estimate of drug-likeness (QED) is 0.433. The van der Waals surface area contributed by atoms with Crippen LogP contribution in [-0.2, 0) is 19.2 Å². The molecule has 2 fully saturated rings.